The highest BCUT2D eigenvalue weighted by Crippen LogP contribution is 2.36. The molecule has 2 N–H and O–H groups in total. The Morgan fingerprint density at radius 1 is 0.880 bits per heavy atom. The Bertz CT molecular complexity index is 1960. The van der Waals surface area contributed by atoms with E-state index in [0.717, 1.165) is 0 Å². The van der Waals surface area contributed by atoms with E-state index >= 15 is 0 Å². The first kappa shape index (κ1) is 35.3. The zero-order valence-corrected chi connectivity index (χ0v) is 29.3. The summed E-state index contributed by atoms with van der Waals surface area (Å²) < 4.78 is 81.5. The predicted molar refractivity (Wildman–Crippen MR) is 182 cm³/mol. The number of methoxy groups -OCH3 is 2. The van der Waals surface area contributed by atoms with Crippen LogP contribution in [0.5, 0.6) is 34.5 Å². The predicted octanol–water partition coefficient (Wildman–Crippen LogP) is 2.67. The van der Waals surface area contributed by atoms with E-state index in [9.17, 15) is 26.4 Å². The monoisotopic (exact) mass is 729 g/mol. The normalized spacial score (nSPS) is 21.0. The molecule has 1 spiro atoms. The first-order valence-electron chi connectivity index (χ1n) is 16.1. The molecule has 16 heteroatoms. The smallest absolute Gasteiger partial charge is 0.264 e. The molecule has 2 amide bonds. The standard InChI is InChI=1S/C34H39N3O11S2/c1-44-29-10-4-23-19-31(29)47-27-5-3-24(30(20-27)45-2)21-36-33(39)34(48-26-8-6-25(7-9-26)46-17-14-35-32(23)38)12-15-37(16-13-34)50(42,43)28-11-18-49(40,41)22-28/h3-10,19-20,28H,11-18,21-22H2,1-2H3,(H,35,38)(H,36,39). The summed E-state index contributed by atoms with van der Waals surface area (Å²) in [5.41, 5.74) is -0.441. The van der Waals surface area contributed by atoms with E-state index in [-0.39, 0.29) is 63.7 Å². The Morgan fingerprint density at radius 2 is 1.58 bits per heavy atom. The van der Waals surface area contributed by atoms with Gasteiger partial charge in [-0.15, -0.1) is 0 Å². The third-order valence-electron chi connectivity index (χ3n) is 9.06. The largest absolute Gasteiger partial charge is 0.496 e. The summed E-state index contributed by atoms with van der Waals surface area (Å²) in [6.45, 7) is 0.392. The van der Waals surface area contributed by atoms with Crippen LogP contribution < -0.4 is 34.3 Å². The van der Waals surface area contributed by atoms with Gasteiger partial charge in [-0.2, -0.15) is 0 Å². The lowest BCUT2D eigenvalue weighted by Gasteiger charge is -2.40. The molecule has 3 aromatic rings. The molecule has 2 fully saturated rings. The number of amides is 2. The maximum absolute atomic E-state index is 14.0. The molecule has 9 rings (SSSR count). The molecule has 268 valence electrons. The highest BCUT2D eigenvalue weighted by molar-refractivity contribution is 7.95. The highest BCUT2D eigenvalue weighted by atomic mass is 32.2. The van der Waals surface area contributed by atoms with E-state index < -0.39 is 42.4 Å². The van der Waals surface area contributed by atoms with Crippen molar-refractivity contribution < 1.29 is 50.1 Å². The Morgan fingerprint density at radius 3 is 2.26 bits per heavy atom. The number of carbonyl (C=O) groups excluding carboxylic acids is 2. The summed E-state index contributed by atoms with van der Waals surface area (Å²) in [4.78, 5) is 26.9. The Labute approximate surface area is 291 Å². The molecule has 0 aliphatic carbocycles. The second-order valence-corrected chi connectivity index (χ2v) is 16.7. The van der Waals surface area contributed by atoms with Crippen molar-refractivity contribution in [2.75, 3.05) is 52.0 Å². The van der Waals surface area contributed by atoms with Crippen LogP contribution in [-0.2, 0) is 31.2 Å². The number of sulfone groups is 1. The fraction of sp³-hybridized carbons (Fsp3) is 0.412. The fourth-order valence-electron chi connectivity index (χ4n) is 6.24. The lowest BCUT2D eigenvalue weighted by molar-refractivity contribution is -0.140. The molecular weight excluding hydrogens is 691 g/mol. The summed E-state index contributed by atoms with van der Waals surface area (Å²) >= 11 is 0. The molecule has 0 saturated carbocycles. The Hall–Kier alpha value is -4.54. The molecule has 0 aromatic heterocycles. The lowest BCUT2D eigenvalue weighted by atomic mass is 9.90. The van der Waals surface area contributed by atoms with Crippen molar-refractivity contribution in [3.8, 4) is 34.5 Å². The van der Waals surface area contributed by atoms with E-state index in [1.165, 1.54) is 18.5 Å². The Balaban J connectivity index is 1.28. The molecule has 3 aromatic carbocycles. The van der Waals surface area contributed by atoms with E-state index in [1.54, 1.807) is 60.7 Å². The topological polar surface area (TPSA) is 176 Å². The van der Waals surface area contributed by atoms with Gasteiger partial charge in [0, 0.05) is 49.7 Å². The molecule has 6 aliphatic heterocycles. The van der Waals surface area contributed by atoms with Gasteiger partial charge in [-0.05, 0) is 61.0 Å². The first-order valence-corrected chi connectivity index (χ1v) is 19.4. The number of carbonyl (C=O) groups is 2. The van der Waals surface area contributed by atoms with Crippen molar-refractivity contribution in [3.63, 3.8) is 0 Å². The lowest BCUT2D eigenvalue weighted by Crippen LogP contribution is -2.58. The number of ether oxygens (including phenoxy) is 5. The van der Waals surface area contributed by atoms with Gasteiger partial charge in [0.05, 0.1) is 37.5 Å². The molecule has 6 heterocycles. The molecule has 0 radical (unpaired) electrons. The molecule has 50 heavy (non-hydrogen) atoms. The van der Waals surface area contributed by atoms with Gasteiger partial charge in [-0.1, -0.05) is 0 Å². The number of benzene rings is 3. The molecule has 14 nitrogen and oxygen atoms in total. The summed E-state index contributed by atoms with van der Waals surface area (Å²) in [6.07, 6.45) is 0.107. The number of piperidine rings is 1. The molecular formula is C34H39N3O11S2. The van der Waals surface area contributed by atoms with Crippen LogP contribution in [0.25, 0.3) is 0 Å². The molecule has 2 saturated heterocycles. The molecule has 6 aliphatic rings. The van der Waals surface area contributed by atoms with Crippen LogP contribution in [0.1, 0.15) is 35.2 Å². The third-order valence-corrected chi connectivity index (χ3v) is 13.4. The minimum atomic E-state index is -3.91. The quantitative estimate of drug-likeness (QED) is 0.404. The molecule has 6 bridgehead atoms. The van der Waals surface area contributed by atoms with E-state index in [0.29, 0.717) is 45.6 Å². The van der Waals surface area contributed by atoms with Crippen LogP contribution >= 0.6 is 0 Å². The maximum Gasteiger partial charge on any atom is 0.264 e. The van der Waals surface area contributed by atoms with Gasteiger partial charge < -0.3 is 34.3 Å². The maximum atomic E-state index is 14.0. The minimum Gasteiger partial charge on any atom is -0.496 e. The van der Waals surface area contributed by atoms with E-state index in [4.69, 9.17) is 23.7 Å². The Kier molecular flexibility index (Phi) is 10.1. The van der Waals surface area contributed by atoms with Crippen molar-refractivity contribution >= 4 is 31.7 Å². The van der Waals surface area contributed by atoms with Gasteiger partial charge in [-0.25, -0.2) is 21.1 Å². The third kappa shape index (κ3) is 7.61. The van der Waals surface area contributed by atoms with Crippen LogP contribution in [-0.4, -0.2) is 95.8 Å². The van der Waals surface area contributed by atoms with Crippen molar-refractivity contribution in [3.05, 3.63) is 71.8 Å². The summed E-state index contributed by atoms with van der Waals surface area (Å²) in [5, 5.41) is 4.77. The van der Waals surface area contributed by atoms with Crippen LogP contribution in [0.15, 0.2) is 60.7 Å². The minimum absolute atomic E-state index is 0.0281. The van der Waals surface area contributed by atoms with Crippen molar-refractivity contribution in [2.24, 2.45) is 0 Å². The van der Waals surface area contributed by atoms with E-state index in [2.05, 4.69) is 10.6 Å². The van der Waals surface area contributed by atoms with Gasteiger partial charge in [0.25, 0.3) is 11.8 Å². The van der Waals surface area contributed by atoms with Gasteiger partial charge in [0.15, 0.2) is 26.9 Å². The SMILES string of the molecule is COc1cc2ccc1CNC(=O)C1(CCN(S(=O)(=O)C3CCS(=O)(=O)C3)CC1)Oc1ccc(cc1)OCCNC(=O)c1ccc(OC)c(c1)O2. The van der Waals surface area contributed by atoms with Crippen LogP contribution in [0, 0.1) is 0 Å². The van der Waals surface area contributed by atoms with Gasteiger partial charge in [-0.3, -0.25) is 9.59 Å². The van der Waals surface area contributed by atoms with E-state index in [1.807, 2.05) is 0 Å². The summed E-state index contributed by atoms with van der Waals surface area (Å²) in [5.74, 6) is 1.09. The molecule has 1 unspecified atom stereocenters. The number of hydrogen-bond donors (Lipinski definition) is 2. The second kappa shape index (κ2) is 14.4. The fourth-order valence-corrected chi connectivity index (χ4v) is 10.8. The summed E-state index contributed by atoms with van der Waals surface area (Å²) in [6, 6.07) is 16.6. The number of hydrogen-bond acceptors (Lipinski definition) is 11. The average molecular weight is 730 g/mol. The van der Waals surface area contributed by atoms with Crippen molar-refractivity contribution in [2.45, 2.75) is 36.7 Å². The van der Waals surface area contributed by atoms with Gasteiger partial charge in [0.2, 0.25) is 10.0 Å². The zero-order chi connectivity index (χ0) is 35.5. The zero-order valence-electron chi connectivity index (χ0n) is 27.7. The van der Waals surface area contributed by atoms with Gasteiger partial charge in [0.1, 0.15) is 29.6 Å². The highest BCUT2D eigenvalue weighted by Gasteiger charge is 2.48. The number of nitrogens with one attached hydrogen (secondary N) is 2. The van der Waals surface area contributed by atoms with Crippen LogP contribution in [0.3, 0.4) is 0 Å². The van der Waals surface area contributed by atoms with Gasteiger partial charge >= 0.3 is 0 Å². The van der Waals surface area contributed by atoms with Crippen molar-refractivity contribution in [1.29, 1.82) is 0 Å². The number of rotatable bonds is 4. The summed E-state index contributed by atoms with van der Waals surface area (Å²) in [7, 11) is -4.34. The average Bonchev–Trinajstić information content (AvgIpc) is 3.49. The number of sulfonamides is 1. The van der Waals surface area contributed by atoms with Crippen LogP contribution in [0.4, 0.5) is 0 Å². The molecule has 1 atom stereocenters. The van der Waals surface area contributed by atoms with Crippen molar-refractivity contribution in [1.82, 2.24) is 14.9 Å². The number of nitrogens with zero attached hydrogens (tertiary/aromatic N) is 1. The second-order valence-electron chi connectivity index (χ2n) is 12.3. The van der Waals surface area contributed by atoms with Crippen LogP contribution in [0.2, 0.25) is 0 Å². The first-order chi connectivity index (χ1) is 23.9.